The SMILES string of the molecule is Cc1cc(C(=O)N2CCN(c3nccc4occc34)CC2)on1. The third-order valence-electron chi connectivity index (χ3n) is 4.06. The number of anilines is 1. The Labute approximate surface area is 132 Å². The quantitative estimate of drug-likeness (QED) is 0.721. The zero-order valence-electron chi connectivity index (χ0n) is 12.7. The number of carbonyl (C=O) groups is 1. The molecule has 0 radical (unpaired) electrons. The van der Waals surface area contributed by atoms with Gasteiger partial charge in [-0.25, -0.2) is 4.98 Å². The number of aromatic nitrogens is 2. The number of carbonyl (C=O) groups excluding carboxylic acids is 1. The summed E-state index contributed by atoms with van der Waals surface area (Å²) in [6.45, 7) is 4.48. The van der Waals surface area contributed by atoms with Gasteiger partial charge in [-0.05, 0) is 19.1 Å². The zero-order valence-corrected chi connectivity index (χ0v) is 12.7. The number of rotatable bonds is 2. The highest BCUT2D eigenvalue weighted by Crippen LogP contribution is 2.26. The lowest BCUT2D eigenvalue weighted by atomic mass is 10.2. The summed E-state index contributed by atoms with van der Waals surface area (Å²) in [6, 6.07) is 5.44. The zero-order chi connectivity index (χ0) is 15.8. The summed E-state index contributed by atoms with van der Waals surface area (Å²) < 4.78 is 10.5. The number of hydrogen-bond donors (Lipinski definition) is 0. The molecule has 1 fully saturated rings. The topological polar surface area (TPSA) is 75.6 Å². The number of fused-ring (bicyclic) bond motifs is 1. The van der Waals surface area contributed by atoms with E-state index >= 15 is 0 Å². The van der Waals surface area contributed by atoms with Crippen LogP contribution >= 0.6 is 0 Å². The van der Waals surface area contributed by atoms with E-state index in [1.54, 1.807) is 30.4 Å². The minimum atomic E-state index is -0.111. The van der Waals surface area contributed by atoms with E-state index < -0.39 is 0 Å². The van der Waals surface area contributed by atoms with Crippen LogP contribution in [0.25, 0.3) is 11.0 Å². The summed E-state index contributed by atoms with van der Waals surface area (Å²) in [4.78, 5) is 20.8. The second-order valence-electron chi connectivity index (χ2n) is 5.58. The maximum Gasteiger partial charge on any atom is 0.292 e. The van der Waals surface area contributed by atoms with Crippen molar-refractivity contribution in [3.05, 3.63) is 42.1 Å². The van der Waals surface area contributed by atoms with Crippen LogP contribution in [-0.4, -0.2) is 47.1 Å². The molecule has 7 heteroatoms. The molecule has 0 N–H and O–H groups in total. The van der Waals surface area contributed by atoms with Gasteiger partial charge in [-0.2, -0.15) is 0 Å². The van der Waals surface area contributed by atoms with Crippen molar-refractivity contribution in [1.82, 2.24) is 15.0 Å². The van der Waals surface area contributed by atoms with Gasteiger partial charge in [-0.3, -0.25) is 4.79 Å². The molecule has 23 heavy (non-hydrogen) atoms. The molecule has 3 aromatic heterocycles. The van der Waals surface area contributed by atoms with Gasteiger partial charge in [0.05, 0.1) is 17.3 Å². The van der Waals surface area contributed by atoms with Gasteiger partial charge in [0.25, 0.3) is 5.91 Å². The van der Waals surface area contributed by atoms with Crippen molar-refractivity contribution in [2.24, 2.45) is 0 Å². The lowest BCUT2D eigenvalue weighted by molar-refractivity contribution is 0.0704. The van der Waals surface area contributed by atoms with Gasteiger partial charge in [0.2, 0.25) is 5.76 Å². The van der Waals surface area contributed by atoms with Crippen LogP contribution in [-0.2, 0) is 0 Å². The summed E-state index contributed by atoms with van der Waals surface area (Å²) in [5, 5.41) is 4.77. The Morgan fingerprint density at radius 3 is 2.78 bits per heavy atom. The number of aryl methyl sites for hydroxylation is 1. The fourth-order valence-electron chi connectivity index (χ4n) is 2.87. The van der Waals surface area contributed by atoms with E-state index in [4.69, 9.17) is 8.94 Å². The molecule has 3 aromatic rings. The highest BCUT2D eigenvalue weighted by atomic mass is 16.5. The molecule has 118 valence electrons. The normalized spacial score (nSPS) is 15.3. The monoisotopic (exact) mass is 312 g/mol. The van der Waals surface area contributed by atoms with Crippen LogP contribution in [0.1, 0.15) is 16.2 Å². The first-order valence-corrected chi connectivity index (χ1v) is 7.52. The number of pyridine rings is 1. The first kappa shape index (κ1) is 13.8. The van der Waals surface area contributed by atoms with E-state index in [0.29, 0.717) is 24.5 Å². The predicted molar refractivity (Wildman–Crippen MR) is 83.4 cm³/mol. The molecule has 1 aliphatic heterocycles. The second kappa shape index (κ2) is 5.42. The van der Waals surface area contributed by atoms with Crippen molar-refractivity contribution in [3.63, 3.8) is 0 Å². The lowest BCUT2D eigenvalue weighted by Crippen LogP contribution is -2.49. The minimum Gasteiger partial charge on any atom is -0.464 e. The fourth-order valence-corrected chi connectivity index (χ4v) is 2.87. The second-order valence-corrected chi connectivity index (χ2v) is 5.58. The third kappa shape index (κ3) is 2.44. The van der Waals surface area contributed by atoms with Crippen LogP contribution in [0.3, 0.4) is 0 Å². The Balaban J connectivity index is 1.49. The molecule has 0 aromatic carbocycles. The Morgan fingerprint density at radius 2 is 2.04 bits per heavy atom. The number of furan rings is 1. The average molecular weight is 312 g/mol. The molecule has 4 rings (SSSR count). The van der Waals surface area contributed by atoms with E-state index in [1.807, 2.05) is 12.1 Å². The first-order chi connectivity index (χ1) is 11.2. The standard InChI is InChI=1S/C16H16N4O3/c1-11-10-14(23-18-11)16(21)20-7-5-19(6-8-20)15-12-3-9-22-13(12)2-4-17-15/h2-4,9-10H,5-8H2,1H3. The molecule has 0 spiro atoms. The molecule has 0 bridgehead atoms. The molecule has 0 unspecified atom stereocenters. The van der Waals surface area contributed by atoms with E-state index in [-0.39, 0.29) is 5.91 Å². The molecule has 4 heterocycles. The highest BCUT2D eigenvalue weighted by Gasteiger charge is 2.26. The summed E-state index contributed by atoms with van der Waals surface area (Å²) >= 11 is 0. The molecule has 1 amide bonds. The minimum absolute atomic E-state index is 0.111. The number of nitrogens with zero attached hydrogens (tertiary/aromatic N) is 4. The van der Waals surface area contributed by atoms with Crippen LogP contribution in [0.5, 0.6) is 0 Å². The van der Waals surface area contributed by atoms with Gasteiger partial charge in [-0.15, -0.1) is 0 Å². The Kier molecular flexibility index (Phi) is 3.25. The largest absolute Gasteiger partial charge is 0.464 e. The molecular formula is C16H16N4O3. The van der Waals surface area contributed by atoms with Gasteiger partial charge < -0.3 is 18.7 Å². The Bertz CT molecular complexity index is 846. The van der Waals surface area contributed by atoms with Gasteiger partial charge in [0.15, 0.2) is 0 Å². The van der Waals surface area contributed by atoms with E-state index in [2.05, 4.69) is 15.0 Å². The van der Waals surface area contributed by atoms with Crippen LogP contribution in [0.15, 0.2) is 39.6 Å². The summed E-state index contributed by atoms with van der Waals surface area (Å²) in [5.41, 5.74) is 1.54. The van der Waals surface area contributed by atoms with Crippen LogP contribution in [0.2, 0.25) is 0 Å². The first-order valence-electron chi connectivity index (χ1n) is 7.52. The molecule has 1 aliphatic rings. The Hall–Kier alpha value is -2.83. The third-order valence-corrected chi connectivity index (χ3v) is 4.06. The lowest BCUT2D eigenvalue weighted by Gasteiger charge is -2.35. The maximum atomic E-state index is 12.4. The van der Waals surface area contributed by atoms with Crippen molar-refractivity contribution in [1.29, 1.82) is 0 Å². The number of piperazine rings is 1. The molecule has 0 atom stereocenters. The van der Waals surface area contributed by atoms with E-state index in [1.165, 1.54) is 0 Å². The molecule has 1 saturated heterocycles. The number of amides is 1. The number of hydrogen-bond acceptors (Lipinski definition) is 6. The molecule has 0 saturated carbocycles. The van der Waals surface area contributed by atoms with Crippen molar-refractivity contribution in [3.8, 4) is 0 Å². The van der Waals surface area contributed by atoms with Crippen LogP contribution in [0.4, 0.5) is 5.82 Å². The van der Waals surface area contributed by atoms with Crippen molar-refractivity contribution >= 4 is 22.7 Å². The highest BCUT2D eigenvalue weighted by molar-refractivity contribution is 5.92. The summed E-state index contributed by atoms with van der Waals surface area (Å²) in [6.07, 6.45) is 3.41. The maximum absolute atomic E-state index is 12.4. The summed E-state index contributed by atoms with van der Waals surface area (Å²) in [5.74, 6) is 1.09. The van der Waals surface area contributed by atoms with Gasteiger partial charge in [0.1, 0.15) is 11.4 Å². The van der Waals surface area contributed by atoms with Crippen LogP contribution < -0.4 is 4.90 Å². The smallest absolute Gasteiger partial charge is 0.292 e. The van der Waals surface area contributed by atoms with Crippen molar-refractivity contribution in [2.45, 2.75) is 6.92 Å². The van der Waals surface area contributed by atoms with E-state index in [9.17, 15) is 4.79 Å². The average Bonchev–Trinajstić information content (AvgIpc) is 3.22. The van der Waals surface area contributed by atoms with E-state index in [0.717, 1.165) is 29.9 Å². The predicted octanol–water partition coefficient (Wildman–Crippen LogP) is 2.09. The van der Waals surface area contributed by atoms with Crippen LogP contribution in [0, 0.1) is 6.92 Å². The van der Waals surface area contributed by atoms with Crippen molar-refractivity contribution < 1.29 is 13.7 Å². The Morgan fingerprint density at radius 1 is 1.22 bits per heavy atom. The van der Waals surface area contributed by atoms with Crippen molar-refractivity contribution in [2.75, 3.05) is 31.1 Å². The van der Waals surface area contributed by atoms with Gasteiger partial charge >= 0.3 is 0 Å². The summed E-state index contributed by atoms with van der Waals surface area (Å²) in [7, 11) is 0. The molecule has 7 nitrogen and oxygen atoms in total. The molecular weight excluding hydrogens is 296 g/mol. The van der Waals surface area contributed by atoms with Gasteiger partial charge in [0, 0.05) is 38.4 Å². The van der Waals surface area contributed by atoms with Gasteiger partial charge in [-0.1, -0.05) is 5.16 Å². The molecule has 0 aliphatic carbocycles. The fraction of sp³-hybridized carbons (Fsp3) is 0.312.